The summed E-state index contributed by atoms with van der Waals surface area (Å²) in [6.45, 7) is 5.14. The molecule has 4 heteroatoms. The van der Waals surface area contributed by atoms with Crippen LogP contribution < -0.4 is 5.32 Å². The average molecular weight is 278 g/mol. The molecule has 0 aliphatic heterocycles. The maximum Gasteiger partial charge on any atom is 0.251 e. The fourth-order valence-corrected chi connectivity index (χ4v) is 1.90. The molecule has 112 valence electrons. The zero-order valence-electron chi connectivity index (χ0n) is 12.9. The molecule has 0 saturated carbocycles. The van der Waals surface area contributed by atoms with E-state index in [4.69, 9.17) is 0 Å². The van der Waals surface area contributed by atoms with Crippen LogP contribution in [0.2, 0.25) is 0 Å². The van der Waals surface area contributed by atoms with Gasteiger partial charge in [-0.3, -0.25) is 4.79 Å². The molecule has 0 atom stereocenters. The van der Waals surface area contributed by atoms with Gasteiger partial charge in [0.25, 0.3) is 5.91 Å². The zero-order chi connectivity index (χ0) is 15.2. The van der Waals surface area contributed by atoms with Gasteiger partial charge < -0.3 is 15.3 Å². The third kappa shape index (κ3) is 5.72. The Labute approximate surface area is 121 Å². The van der Waals surface area contributed by atoms with Crippen LogP contribution in [0.25, 0.3) is 0 Å². The molecule has 0 aliphatic carbocycles. The third-order valence-electron chi connectivity index (χ3n) is 3.15. The number of carbonyl (C=O) groups excluding carboxylic acids is 1. The van der Waals surface area contributed by atoms with E-state index in [0.29, 0.717) is 12.1 Å². The summed E-state index contributed by atoms with van der Waals surface area (Å²) in [5.74, 6) is -0.0825. The summed E-state index contributed by atoms with van der Waals surface area (Å²) in [4.78, 5) is 14.2. The first-order valence-corrected chi connectivity index (χ1v) is 7.06. The summed E-state index contributed by atoms with van der Waals surface area (Å²) in [5, 5.41) is 12.9. The first-order valence-electron chi connectivity index (χ1n) is 7.06. The van der Waals surface area contributed by atoms with Gasteiger partial charge in [0, 0.05) is 12.1 Å². The SMILES string of the molecule is CN(C)CCCCNC(=O)c1cccc(C(C)(C)O)c1. The second kappa shape index (κ2) is 7.41. The van der Waals surface area contributed by atoms with Crippen LogP contribution in [0.3, 0.4) is 0 Å². The summed E-state index contributed by atoms with van der Waals surface area (Å²) in [5.41, 5.74) is 0.414. The number of benzene rings is 1. The number of nitrogens with zero attached hydrogens (tertiary/aromatic N) is 1. The Hall–Kier alpha value is -1.39. The molecule has 1 amide bonds. The molecule has 1 rings (SSSR count). The summed E-state index contributed by atoms with van der Waals surface area (Å²) in [6.07, 6.45) is 2.03. The lowest BCUT2D eigenvalue weighted by Crippen LogP contribution is -2.26. The first kappa shape index (κ1) is 16.7. The smallest absolute Gasteiger partial charge is 0.251 e. The molecule has 20 heavy (non-hydrogen) atoms. The third-order valence-corrected chi connectivity index (χ3v) is 3.15. The van der Waals surface area contributed by atoms with E-state index in [1.165, 1.54) is 0 Å². The lowest BCUT2D eigenvalue weighted by molar-refractivity contribution is 0.0784. The lowest BCUT2D eigenvalue weighted by atomic mass is 9.96. The van der Waals surface area contributed by atoms with E-state index < -0.39 is 5.60 Å². The number of aliphatic hydroxyl groups is 1. The van der Waals surface area contributed by atoms with E-state index in [-0.39, 0.29) is 5.91 Å². The van der Waals surface area contributed by atoms with Crippen molar-refractivity contribution in [3.8, 4) is 0 Å². The maximum atomic E-state index is 12.0. The molecule has 0 saturated heterocycles. The number of hydrogen-bond acceptors (Lipinski definition) is 3. The summed E-state index contributed by atoms with van der Waals surface area (Å²) in [6, 6.07) is 7.14. The highest BCUT2D eigenvalue weighted by molar-refractivity contribution is 5.94. The van der Waals surface area contributed by atoms with Crippen molar-refractivity contribution in [1.82, 2.24) is 10.2 Å². The molecule has 4 nitrogen and oxygen atoms in total. The van der Waals surface area contributed by atoms with Crippen LogP contribution in [-0.4, -0.2) is 43.1 Å². The molecule has 0 unspecified atom stereocenters. The van der Waals surface area contributed by atoms with Crippen molar-refractivity contribution in [2.45, 2.75) is 32.3 Å². The number of unbranched alkanes of at least 4 members (excludes halogenated alkanes) is 1. The minimum Gasteiger partial charge on any atom is -0.386 e. The van der Waals surface area contributed by atoms with E-state index in [0.717, 1.165) is 24.9 Å². The first-order chi connectivity index (χ1) is 9.30. The van der Waals surface area contributed by atoms with Crippen LogP contribution in [0.15, 0.2) is 24.3 Å². The average Bonchev–Trinajstić information content (AvgIpc) is 2.37. The Morgan fingerprint density at radius 1 is 1.30 bits per heavy atom. The molecule has 0 heterocycles. The topological polar surface area (TPSA) is 52.6 Å². The molecule has 0 aliphatic rings. The Bertz CT molecular complexity index is 436. The van der Waals surface area contributed by atoms with Gasteiger partial charge in [-0.15, -0.1) is 0 Å². The lowest BCUT2D eigenvalue weighted by Gasteiger charge is -2.18. The minimum absolute atomic E-state index is 0.0825. The van der Waals surface area contributed by atoms with Crippen molar-refractivity contribution in [2.24, 2.45) is 0 Å². The van der Waals surface area contributed by atoms with Crippen LogP contribution in [0.5, 0.6) is 0 Å². The normalized spacial score (nSPS) is 11.7. The second-order valence-corrected chi connectivity index (χ2v) is 5.91. The highest BCUT2D eigenvalue weighted by Gasteiger charge is 2.17. The zero-order valence-corrected chi connectivity index (χ0v) is 12.9. The van der Waals surface area contributed by atoms with Gasteiger partial charge in [0.05, 0.1) is 5.60 Å². The van der Waals surface area contributed by atoms with Gasteiger partial charge in [0.1, 0.15) is 0 Å². The molecule has 1 aromatic carbocycles. The van der Waals surface area contributed by atoms with Gasteiger partial charge in [0.2, 0.25) is 0 Å². The van der Waals surface area contributed by atoms with Crippen molar-refractivity contribution in [2.75, 3.05) is 27.2 Å². The minimum atomic E-state index is -0.929. The van der Waals surface area contributed by atoms with Crippen molar-refractivity contribution < 1.29 is 9.90 Å². The summed E-state index contributed by atoms with van der Waals surface area (Å²) >= 11 is 0. The van der Waals surface area contributed by atoms with Crippen LogP contribution in [0.4, 0.5) is 0 Å². The largest absolute Gasteiger partial charge is 0.386 e. The van der Waals surface area contributed by atoms with E-state index in [1.807, 2.05) is 20.2 Å². The number of nitrogens with one attached hydrogen (secondary N) is 1. The van der Waals surface area contributed by atoms with Crippen LogP contribution >= 0.6 is 0 Å². The molecule has 2 N–H and O–H groups in total. The number of amides is 1. The van der Waals surface area contributed by atoms with Crippen molar-refractivity contribution in [3.63, 3.8) is 0 Å². The van der Waals surface area contributed by atoms with E-state index in [2.05, 4.69) is 10.2 Å². The van der Waals surface area contributed by atoms with Crippen LogP contribution in [-0.2, 0) is 5.60 Å². The Morgan fingerprint density at radius 2 is 2.00 bits per heavy atom. The van der Waals surface area contributed by atoms with Gasteiger partial charge >= 0.3 is 0 Å². The summed E-state index contributed by atoms with van der Waals surface area (Å²) < 4.78 is 0. The number of rotatable bonds is 7. The van der Waals surface area contributed by atoms with E-state index in [1.54, 1.807) is 32.0 Å². The molecule has 0 fully saturated rings. The predicted octanol–water partition coefficient (Wildman–Crippen LogP) is 1.99. The molecule has 1 aromatic rings. The molecular formula is C16H26N2O2. The predicted molar refractivity (Wildman–Crippen MR) is 81.8 cm³/mol. The molecular weight excluding hydrogens is 252 g/mol. The van der Waals surface area contributed by atoms with Crippen LogP contribution in [0.1, 0.15) is 42.6 Å². The fraction of sp³-hybridized carbons (Fsp3) is 0.562. The quantitative estimate of drug-likeness (QED) is 0.750. The molecule has 0 bridgehead atoms. The van der Waals surface area contributed by atoms with Gasteiger partial charge in [-0.1, -0.05) is 12.1 Å². The molecule has 0 aromatic heterocycles. The molecule has 0 radical (unpaired) electrons. The second-order valence-electron chi connectivity index (χ2n) is 5.91. The van der Waals surface area contributed by atoms with E-state index >= 15 is 0 Å². The standard InChI is InChI=1S/C16H26N2O2/c1-16(2,20)14-9-7-8-13(12-14)15(19)17-10-5-6-11-18(3)4/h7-9,12,20H,5-6,10-11H2,1-4H3,(H,17,19). The van der Waals surface area contributed by atoms with Gasteiger partial charge in [0.15, 0.2) is 0 Å². The highest BCUT2D eigenvalue weighted by Crippen LogP contribution is 2.20. The highest BCUT2D eigenvalue weighted by atomic mass is 16.3. The number of hydrogen-bond donors (Lipinski definition) is 2. The number of carbonyl (C=O) groups is 1. The Balaban J connectivity index is 2.48. The molecule has 0 spiro atoms. The van der Waals surface area contributed by atoms with Gasteiger partial charge in [-0.05, 0) is 65.0 Å². The summed E-state index contributed by atoms with van der Waals surface area (Å²) in [7, 11) is 4.08. The monoisotopic (exact) mass is 278 g/mol. The van der Waals surface area contributed by atoms with E-state index in [9.17, 15) is 9.90 Å². The van der Waals surface area contributed by atoms with Gasteiger partial charge in [-0.25, -0.2) is 0 Å². The van der Waals surface area contributed by atoms with Crippen molar-refractivity contribution in [1.29, 1.82) is 0 Å². The Morgan fingerprint density at radius 3 is 2.60 bits per heavy atom. The fourth-order valence-electron chi connectivity index (χ4n) is 1.90. The van der Waals surface area contributed by atoms with Crippen LogP contribution in [0, 0.1) is 0 Å². The van der Waals surface area contributed by atoms with Crippen molar-refractivity contribution >= 4 is 5.91 Å². The maximum absolute atomic E-state index is 12.0. The van der Waals surface area contributed by atoms with Gasteiger partial charge in [-0.2, -0.15) is 0 Å². The Kier molecular flexibility index (Phi) is 6.17. The van der Waals surface area contributed by atoms with Crippen molar-refractivity contribution in [3.05, 3.63) is 35.4 Å².